The molecule has 0 rings (SSSR count). The van der Waals surface area contributed by atoms with Crippen molar-refractivity contribution in [3.63, 3.8) is 0 Å². The van der Waals surface area contributed by atoms with Crippen LogP contribution in [0.3, 0.4) is 0 Å². The molecule has 0 aliphatic heterocycles. The van der Waals surface area contributed by atoms with E-state index in [1.807, 2.05) is 23.9 Å². The van der Waals surface area contributed by atoms with E-state index in [1.54, 1.807) is 6.92 Å². The molecule has 0 fully saturated rings. The zero-order valence-electron chi connectivity index (χ0n) is 13.5. The van der Waals surface area contributed by atoms with Gasteiger partial charge < -0.3 is 5.11 Å². The molecular weight excluding hydrogens is 280 g/mol. The number of carboxylic acid groups (broad SMARTS) is 1. The third kappa shape index (κ3) is 15.3. The Balaban J connectivity index is 3.43. The second-order valence-electron chi connectivity index (χ2n) is 5.25. The number of aliphatic carboxylic acids is 1. The van der Waals surface area contributed by atoms with Crippen LogP contribution in [0.1, 0.15) is 58.8 Å². The summed E-state index contributed by atoms with van der Waals surface area (Å²) in [6.45, 7) is 3.98. The molecule has 0 saturated heterocycles. The number of thioether (sulfide) groups is 1. The van der Waals surface area contributed by atoms with E-state index in [9.17, 15) is 4.79 Å². The van der Waals surface area contributed by atoms with Gasteiger partial charge >= 0.3 is 5.97 Å². The van der Waals surface area contributed by atoms with Crippen LogP contribution in [0.15, 0.2) is 30.0 Å². The first-order valence-corrected chi connectivity index (χ1v) is 9.18. The summed E-state index contributed by atoms with van der Waals surface area (Å²) in [7, 11) is 0. The van der Waals surface area contributed by atoms with Gasteiger partial charge in [0.1, 0.15) is 0 Å². The van der Waals surface area contributed by atoms with Crippen molar-refractivity contribution in [3.05, 3.63) is 30.0 Å². The van der Waals surface area contributed by atoms with Crippen LogP contribution in [0, 0.1) is 5.92 Å². The molecule has 21 heavy (non-hydrogen) atoms. The first-order chi connectivity index (χ1) is 10.2. The second-order valence-corrected chi connectivity index (χ2v) is 6.32. The zero-order valence-corrected chi connectivity index (χ0v) is 14.3. The summed E-state index contributed by atoms with van der Waals surface area (Å²) in [5.41, 5.74) is 3.12. The fourth-order valence-corrected chi connectivity index (χ4v) is 2.36. The standard InChI is InChI=1S/C18H30O2S/c1-3-4-5-6-7-9-12-15-21-16-13-10-8-11-14-17(2)18(19)20/h8-9,12-13,17H,3-7,11,14-16H2,1-2H3,(H,19,20)/b12-9-. The van der Waals surface area contributed by atoms with Crippen LogP contribution in [0.2, 0.25) is 0 Å². The number of carboxylic acids is 1. The average molecular weight is 311 g/mol. The van der Waals surface area contributed by atoms with E-state index in [2.05, 4.69) is 24.8 Å². The Morgan fingerprint density at radius 3 is 2.67 bits per heavy atom. The summed E-state index contributed by atoms with van der Waals surface area (Å²) in [6, 6.07) is 0. The molecule has 2 nitrogen and oxygen atoms in total. The van der Waals surface area contributed by atoms with Crippen LogP contribution in [0.25, 0.3) is 0 Å². The Kier molecular flexibility index (Phi) is 14.8. The minimum absolute atomic E-state index is 0.264. The molecule has 120 valence electrons. The molecule has 0 amide bonds. The van der Waals surface area contributed by atoms with Gasteiger partial charge in [-0.15, -0.1) is 5.73 Å². The zero-order chi connectivity index (χ0) is 15.8. The molecular formula is C18H30O2S. The predicted octanol–water partition coefficient (Wildman–Crippen LogP) is 5.46. The van der Waals surface area contributed by atoms with Gasteiger partial charge in [0.25, 0.3) is 0 Å². The van der Waals surface area contributed by atoms with E-state index < -0.39 is 5.97 Å². The Morgan fingerprint density at radius 1 is 1.14 bits per heavy atom. The molecule has 0 aromatic heterocycles. The molecule has 0 radical (unpaired) electrons. The lowest BCUT2D eigenvalue weighted by Crippen LogP contribution is -2.08. The SMILES string of the molecule is CCCCCC/C=C\CSCC=C=CCCC(C)C(=O)O. The molecule has 0 spiro atoms. The Morgan fingerprint density at radius 2 is 1.95 bits per heavy atom. The van der Waals surface area contributed by atoms with Crippen LogP contribution >= 0.6 is 11.8 Å². The van der Waals surface area contributed by atoms with Gasteiger partial charge in [-0.1, -0.05) is 45.3 Å². The molecule has 1 atom stereocenters. The van der Waals surface area contributed by atoms with Crippen molar-refractivity contribution in [1.82, 2.24) is 0 Å². The summed E-state index contributed by atoms with van der Waals surface area (Å²) in [6.07, 6.45) is 16.5. The molecule has 0 aromatic carbocycles. The predicted molar refractivity (Wildman–Crippen MR) is 93.9 cm³/mol. The van der Waals surface area contributed by atoms with Crippen LogP contribution in [0.4, 0.5) is 0 Å². The minimum atomic E-state index is -0.718. The van der Waals surface area contributed by atoms with E-state index in [1.165, 1.54) is 32.1 Å². The largest absolute Gasteiger partial charge is 0.481 e. The molecule has 0 aromatic rings. The monoisotopic (exact) mass is 310 g/mol. The maximum Gasteiger partial charge on any atom is 0.306 e. The van der Waals surface area contributed by atoms with Crippen molar-refractivity contribution in [3.8, 4) is 0 Å². The molecule has 3 heteroatoms. The number of rotatable bonds is 13. The molecule has 1 N–H and O–H groups in total. The summed E-state index contributed by atoms with van der Waals surface area (Å²) < 4.78 is 0. The smallest absolute Gasteiger partial charge is 0.306 e. The average Bonchev–Trinajstić information content (AvgIpc) is 2.47. The van der Waals surface area contributed by atoms with Crippen molar-refractivity contribution >= 4 is 17.7 Å². The van der Waals surface area contributed by atoms with Crippen molar-refractivity contribution in [2.45, 2.75) is 58.8 Å². The molecule has 0 heterocycles. The van der Waals surface area contributed by atoms with Crippen LogP contribution in [-0.4, -0.2) is 22.6 Å². The van der Waals surface area contributed by atoms with Crippen LogP contribution in [0.5, 0.6) is 0 Å². The second kappa shape index (κ2) is 15.5. The van der Waals surface area contributed by atoms with E-state index in [0.717, 1.165) is 17.9 Å². The highest BCUT2D eigenvalue weighted by atomic mass is 32.2. The van der Waals surface area contributed by atoms with E-state index >= 15 is 0 Å². The summed E-state index contributed by atoms with van der Waals surface area (Å²) in [4.78, 5) is 10.6. The maximum absolute atomic E-state index is 10.6. The van der Waals surface area contributed by atoms with Gasteiger partial charge in [0.2, 0.25) is 0 Å². The fraction of sp³-hybridized carbons (Fsp3) is 0.667. The molecule has 0 aliphatic rings. The summed E-state index contributed by atoms with van der Waals surface area (Å²) in [5, 5.41) is 8.73. The van der Waals surface area contributed by atoms with Crippen molar-refractivity contribution in [1.29, 1.82) is 0 Å². The maximum atomic E-state index is 10.6. The number of unbranched alkanes of at least 4 members (excludes halogenated alkanes) is 4. The highest BCUT2D eigenvalue weighted by Gasteiger charge is 2.08. The highest BCUT2D eigenvalue weighted by Crippen LogP contribution is 2.06. The van der Waals surface area contributed by atoms with Crippen molar-refractivity contribution in [2.24, 2.45) is 5.92 Å². The minimum Gasteiger partial charge on any atom is -0.481 e. The Labute approximate surface area is 134 Å². The van der Waals surface area contributed by atoms with Gasteiger partial charge in [-0.25, -0.2) is 0 Å². The fourth-order valence-electron chi connectivity index (χ4n) is 1.74. The third-order valence-electron chi connectivity index (χ3n) is 3.21. The van der Waals surface area contributed by atoms with Crippen LogP contribution in [-0.2, 0) is 4.79 Å². The van der Waals surface area contributed by atoms with Gasteiger partial charge in [-0.3, -0.25) is 4.79 Å². The van der Waals surface area contributed by atoms with Gasteiger partial charge in [-0.05, 0) is 37.8 Å². The summed E-state index contributed by atoms with van der Waals surface area (Å²) >= 11 is 1.87. The van der Waals surface area contributed by atoms with Gasteiger partial charge in [0.15, 0.2) is 0 Å². The lowest BCUT2D eigenvalue weighted by molar-refractivity contribution is -0.141. The van der Waals surface area contributed by atoms with E-state index in [0.29, 0.717) is 6.42 Å². The Bertz CT molecular complexity index is 341. The number of hydrogen-bond acceptors (Lipinski definition) is 2. The summed E-state index contributed by atoms with van der Waals surface area (Å²) in [5.74, 6) is 1.04. The molecule has 0 bridgehead atoms. The van der Waals surface area contributed by atoms with Gasteiger partial charge in [0.05, 0.1) is 5.92 Å². The number of allylic oxidation sites excluding steroid dienone is 1. The third-order valence-corrected chi connectivity index (χ3v) is 4.04. The normalized spacial score (nSPS) is 12.1. The molecule has 0 saturated carbocycles. The van der Waals surface area contributed by atoms with E-state index in [-0.39, 0.29) is 5.92 Å². The van der Waals surface area contributed by atoms with Crippen molar-refractivity contribution < 1.29 is 9.90 Å². The molecule has 0 aliphatic carbocycles. The Hall–Kier alpha value is -0.920. The highest BCUT2D eigenvalue weighted by molar-refractivity contribution is 7.99. The number of carbonyl (C=O) groups is 1. The first kappa shape index (κ1) is 20.1. The topological polar surface area (TPSA) is 37.3 Å². The van der Waals surface area contributed by atoms with E-state index in [4.69, 9.17) is 5.11 Å². The lowest BCUT2D eigenvalue weighted by atomic mass is 10.1. The quantitative estimate of drug-likeness (QED) is 0.279. The number of hydrogen-bond donors (Lipinski definition) is 1. The van der Waals surface area contributed by atoms with Crippen molar-refractivity contribution in [2.75, 3.05) is 11.5 Å². The van der Waals surface area contributed by atoms with Gasteiger partial charge in [-0.2, -0.15) is 11.8 Å². The van der Waals surface area contributed by atoms with Crippen LogP contribution < -0.4 is 0 Å². The van der Waals surface area contributed by atoms with Gasteiger partial charge in [0, 0.05) is 11.5 Å². The lowest BCUT2D eigenvalue weighted by Gasteiger charge is -2.00. The molecule has 1 unspecified atom stereocenters. The first-order valence-electron chi connectivity index (χ1n) is 8.03.